The third kappa shape index (κ3) is 15.8. The Labute approximate surface area is 460 Å². The summed E-state index contributed by atoms with van der Waals surface area (Å²) in [6, 6.07) is 25.1. The molecule has 0 saturated carbocycles. The van der Waals surface area contributed by atoms with Crippen LogP contribution in [0, 0.1) is 12.3 Å². The van der Waals surface area contributed by atoms with Crippen LogP contribution in [0.25, 0.3) is 21.8 Å². The predicted octanol–water partition coefficient (Wildman–Crippen LogP) is 6.70. The first-order valence-corrected chi connectivity index (χ1v) is 27.8. The molecule has 2 aliphatic rings. The van der Waals surface area contributed by atoms with E-state index in [-0.39, 0.29) is 37.9 Å². The van der Waals surface area contributed by atoms with E-state index in [2.05, 4.69) is 46.7 Å². The molecule has 5 heterocycles. The van der Waals surface area contributed by atoms with Gasteiger partial charge in [0, 0.05) is 75.1 Å². The van der Waals surface area contributed by atoms with Gasteiger partial charge >= 0.3 is 0 Å². The van der Waals surface area contributed by atoms with Crippen molar-refractivity contribution in [1.82, 2.24) is 51.3 Å². The number of aromatic amines is 1. The minimum Gasteiger partial charge on any atom is -0.494 e. The average molecular weight is 1080 g/mol. The molecule has 8 rings (SSSR count). The van der Waals surface area contributed by atoms with Gasteiger partial charge in [-0.3, -0.25) is 29.3 Å². The van der Waals surface area contributed by atoms with Crippen LogP contribution in [0.4, 0.5) is 5.69 Å². The van der Waals surface area contributed by atoms with Crippen molar-refractivity contribution in [3.63, 3.8) is 0 Å². The molecule has 19 nitrogen and oxygen atoms in total. The number of aliphatic hydroxyl groups excluding tert-OH is 1. The van der Waals surface area contributed by atoms with Crippen LogP contribution >= 0.6 is 11.3 Å². The second-order valence-corrected chi connectivity index (χ2v) is 21.8. The number of thiazole rings is 1. The molecule has 414 valence electrons. The number of piperidine rings is 1. The molecule has 20 heteroatoms. The van der Waals surface area contributed by atoms with Crippen LogP contribution in [0.2, 0.25) is 0 Å². The highest BCUT2D eigenvalue weighted by Gasteiger charge is 2.44. The van der Waals surface area contributed by atoms with Crippen LogP contribution in [0.1, 0.15) is 98.7 Å². The Kier molecular flexibility index (Phi) is 20.1. The van der Waals surface area contributed by atoms with Crippen LogP contribution in [-0.4, -0.2) is 130 Å². The van der Waals surface area contributed by atoms with E-state index < -0.39 is 41.0 Å². The summed E-state index contributed by atoms with van der Waals surface area (Å²) in [4.78, 5) is 69.7. The number of benzene rings is 3. The number of nitrogens with one attached hydrogen (secondary N) is 6. The van der Waals surface area contributed by atoms with Gasteiger partial charge < -0.3 is 50.8 Å². The van der Waals surface area contributed by atoms with Crippen molar-refractivity contribution >= 4 is 40.7 Å². The number of likely N-dealkylation sites (tertiary alicyclic amines) is 1. The monoisotopic (exact) mass is 1080 g/mol. The van der Waals surface area contributed by atoms with Crippen molar-refractivity contribution in [2.75, 3.05) is 58.0 Å². The van der Waals surface area contributed by atoms with Crippen molar-refractivity contribution in [3.8, 4) is 27.6 Å². The molecule has 0 radical (unpaired) electrons. The topological polar surface area (TPSA) is 247 Å². The third-order valence-electron chi connectivity index (χ3n) is 13.9. The van der Waals surface area contributed by atoms with Crippen molar-refractivity contribution in [1.29, 1.82) is 0 Å². The highest BCUT2D eigenvalue weighted by molar-refractivity contribution is 7.13. The molecular formula is C58H73N11O8S. The van der Waals surface area contributed by atoms with Crippen molar-refractivity contribution in [2.24, 2.45) is 5.41 Å². The Bertz CT molecular complexity index is 2900. The van der Waals surface area contributed by atoms with Crippen LogP contribution in [0.3, 0.4) is 0 Å². The summed E-state index contributed by atoms with van der Waals surface area (Å²) in [6.07, 6.45) is 7.47. The van der Waals surface area contributed by atoms with Gasteiger partial charge in [0.15, 0.2) is 11.6 Å². The zero-order valence-corrected chi connectivity index (χ0v) is 45.8. The average Bonchev–Trinajstić information content (AvgIpc) is 4.29. The molecule has 0 bridgehead atoms. The number of pyridine rings is 1. The number of carbonyl (C=O) groups is 4. The first-order chi connectivity index (χ1) is 37.7. The van der Waals surface area contributed by atoms with Gasteiger partial charge in [-0.1, -0.05) is 63.2 Å². The summed E-state index contributed by atoms with van der Waals surface area (Å²) in [5, 5.41) is 34.2. The van der Waals surface area contributed by atoms with E-state index in [1.807, 2.05) is 118 Å². The number of amides is 4. The molecule has 3 aromatic heterocycles. The number of anilines is 1. The quantitative estimate of drug-likeness (QED) is 0.0280. The van der Waals surface area contributed by atoms with Crippen molar-refractivity contribution in [3.05, 3.63) is 131 Å². The van der Waals surface area contributed by atoms with E-state index >= 15 is 0 Å². The Morgan fingerprint density at radius 1 is 0.846 bits per heavy atom. The maximum absolute atomic E-state index is 14.0. The molecular weight excluding hydrogens is 1010 g/mol. The standard InChI is InChI=1S/C58H73N11O8S/c1-39-50(78-38-63-39)42-17-15-40(16-18-42)34-62-54(73)48-33-46(70)36-69(48)55(74)51(57(2,3)4)64-49(71)37-76-29-10-28-75-27-6-5-7-30-77-47-14-8-11-41(31-47)35-61-53(72)44-12-9-13-45(32-44)66-58(21-25-60-26-22-58)56-65-52(67-68-56)43-19-23-59-24-20-43/h8-9,11-20,23-24,31-32,38,46,48,51,60,66,70H,5-7,10,21-22,25-30,33-37H2,1-4H3,(H,61,72)(H,62,73)(H,64,71)(H,65,67,68)/t46?,48?,51-/m1/s1. The highest BCUT2D eigenvalue weighted by atomic mass is 32.1. The number of hydrogen-bond donors (Lipinski definition) is 7. The lowest BCUT2D eigenvalue weighted by atomic mass is 9.85. The second-order valence-electron chi connectivity index (χ2n) is 21.0. The van der Waals surface area contributed by atoms with E-state index in [0.29, 0.717) is 50.8 Å². The zero-order valence-electron chi connectivity index (χ0n) is 45.0. The molecule has 4 amide bonds. The van der Waals surface area contributed by atoms with E-state index in [0.717, 1.165) is 95.3 Å². The van der Waals surface area contributed by atoms with Crippen molar-refractivity contribution in [2.45, 2.75) is 109 Å². The number of β-amino-alcohol motifs (C(OH)–C–C–N with tert-alkyl or cyclic N) is 1. The molecule has 6 aromatic rings. The molecule has 3 atom stereocenters. The van der Waals surface area contributed by atoms with Gasteiger partial charge in [0.1, 0.15) is 24.4 Å². The number of hydrogen-bond acceptors (Lipinski definition) is 15. The van der Waals surface area contributed by atoms with E-state index in [9.17, 15) is 24.3 Å². The Morgan fingerprint density at radius 3 is 2.36 bits per heavy atom. The summed E-state index contributed by atoms with van der Waals surface area (Å²) in [5.74, 6) is 0.676. The zero-order chi connectivity index (χ0) is 54.9. The van der Waals surface area contributed by atoms with Gasteiger partial charge in [0.05, 0.1) is 34.3 Å². The number of H-pyrrole nitrogens is 1. The second kappa shape index (κ2) is 27.5. The van der Waals surface area contributed by atoms with Crippen molar-refractivity contribution < 1.29 is 38.5 Å². The highest BCUT2D eigenvalue weighted by Crippen LogP contribution is 2.34. The maximum atomic E-state index is 14.0. The molecule has 2 unspecified atom stereocenters. The Morgan fingerprint density at radius 2 is 1.59 bits per heavy atom. The van der Waals surface area contributed by atoms with E-state index in [4.69, 9.17) is 19.2 Å². The van der Waals surface area contributed by atoms with E-state index in [1.54, 1.807) is 23.7 Å². The molecule has 7 N–H and O–H groups in total. The fourth-order valence-electron chi connectivity index (χ4n) is 9.61. The van der Waals surface area contributed by atoms with Gasteiger partial charge in [-0.15, -0.1) is 11.3 Å². The molecule has 2 saturated heterocycles. The molecule has 78 heavy (non-hydrogen) atoms. The first-order valence-electron chi connectivity index (χ1n) is 26.9. The molecule has 2 fully saturated rings. The number of aromatic nitrogens is 5. The number of aliphatic hydroxyl groups is 1. The fraction of sp³-hybridized carbons (Fsp3) is 0.448. The Hall–Kier alpha value is -7.10. The number of unbranched alkanes of at least 4 members (excludes halogenated alkanes) is 2. The third-order valence-corrected chi connectivity index (χ3v) is 14.9. The normalized spacial score (nSPS) is 16.6. The molecule has 3 aromatic carbocycles. The number of nitrogens with zero attached hydrogens (tertiary/aromatic N) is 5. The lowest BCUT2D eigenvalue weighted by Crippen LogP contribution is -2.58. The minimum atomic E-state index is -0.949. The predicted molar refractivity (Wildman–Crippen MR) is 298 cm³/mol. The van der Waals surface area contributed by atoms with Crippen LogP contribution < -0.4 is 31.3 Å². The summed E-state index contributed by atoms with van der Waals surface area (Å²) >= 11 is 1.57. The smallest absolute Gasteiger partial charge is 0.251 e. The number of aryl methyl sites for hydroxylation is 1. The fourth-order valence-corrected chi connectivity index (χ4v) is 10.4. The van der Waals surface area contributed by atoms with Gasteiger partial charge in [-0.2, -0.15) is 5.10 Å². The first kappa shape index (κ1) is 57.1. The SMILES string of the molecule is Cc1ncsc1-c1ccc(CNC(=O)C2CC(O)CN2C(=O)[C@@H](NC(=O)COCCCOCCCCCOc2cccc(CNC(=O)c3cccc(NC4(c5nc(-c6ccncc6)n[nH]5)CCNCC4)c3)c2)C(C)(C)C)cc1. The van der Waals surface area contributed by atoms with E-state index in [1.165, 1.54) is 4.90 Å². The number of carbonyl (C=O) groups excluding carboxylic acids is 4. The largest absolute Gasteiger partial charge is 0.494 e. The maximum Gasteiger partial charge on any atom is 0.251 e. The lowest BCUT2D eigenvalue weighted by molar-refractivity contribution is -0.144. The summed E-state index contributed by atoms with van der Waals surface area (Å²) in [5.41, 5.74) is 6.72. The van der Waals surface area contributed by atoms with Crippen LogP contribution in [-0.2, 0) is 42.5 Å². The van der Waals surface area contributed by atoms with Gasteiger partial charge in [0.25, 0.3) is 5.91 Å². The summed E-state index contributed by atoms with van der Waals surface area (Å²) in [6.45, 7) is 11.4. The van der Waals surface area contributed by atoms with Crippen LogP contribution in [0.15, 0.2) is 103 Å². The molecule has 2 aliphatic heterocycles. The summed E-state index contributed by atoms with van der Waals surface area (Å²) < 4.78 is 17.5. The molecule has 0 aliphatic carbocycles. The van der Waals surface area contributed by atoms with Gasteiger partial charge in [-0.05, 0) is 123 Å². The Balaban J connectivity index is 0.680. The summed E-state index contributed by atoms with van der Waals surface area (Å²) in [7, 11) is 0. The van der Waals surface area contributed by atoms with Crippen LogP contribution in [0.5, 0.6) is 5.75 Å². The number of rotatable bonds is 26. The van der Waals surface area contributed by atoms with Gasteiger partial charge in [-0.25, -0.2) is 9.97 Å². The minimum absolute atomic E-state index is 0.00876. The van der Waals surface area contributed by atoms with Gasteiger partial charge in [0.2, 0.25) is 17.7 Å². The molecule has 0 spiro atoms. The lowest BCUT2D eigenvalue weighted by Gasteiger charge is -2.37. The number of ether oxygens (including phenoxy) is 3.